The number of hydrogen-bond acceptors (Lipinski definition) is 4. The van der Waals surface area contributed by atoms with Crippen LogP contribution in [-0.4, -0.2) is 27.5 Å². The predicted octanol–water partition coefficient (Wildman–Crippen LogP) is 0.507. The highest BCUT2D eigenvalue weighted by Crippen LogP contribution is 2.19. The number of aryl methyl sites for hydroxylation is 1. The first-order valence-corrected chi connectivity index (χ1v) is 7.25. The van der Waals surface area contributed by atoms with Gasteiger partial charge in [0.25, 0.3) is 0 Å². The van der Waals surface area contributed by atoms with Gasteiger partial charge in [-0.15, -0.1) is 0 Å². The van der Waals surface area contributed by atoms with E-state index in [0.29, 0.717) is 12.1 Å². The summed E-state index contributed by atoms with van der Waals surface area (Å²) in [5, 5.41) is 12.2. The van der Waals surface area contributed by atoms with Crippen LogP contribution < -0.4 is 10.0 Å². The zero-order chi connectivity index (χ0) is 13.2. The van der Waals surface area contributed by atoms with Crippen LogP contribution in [0.15, 0.2) is 23.1 Å². The second-order valence-corrected chi connectivity index (χ2v) is 6.05. The molecule has 1 saturated heterocycles. The first-order valence-electron chi connectivity index (χ1n) is 5.77. The highest BCUT2D eigenvalue weighted by molar-refractivity contribution is 7.89. The minimum absolute atomic E-state index is 0.0666. The van der Waals surface area contributed by atoms with Crippen LogP contribution in [0.25, 0.3) is 0 Å². The Balaban J connectivity index is 2.35. The van der Waals surface area contributed by atoms with Crippen molar-refractivity contribution in [1.82, 2.24) is 10.0 Å². The molecule has 96 valence electrons. The predicted molar refractivity (Wildman–Crippen MR) is 67.5 cm³/mol. The molecular formula is C12H15N3O2S. The molecule has 1 heterocycles. The van der Waals surface area contributed by atoms with Crippen LogP contribution >= 0.6 is 0 Å². The maximum Gasteiger partial charge on any atom is 0.242 e. The van der Waals surface area contributed by atoms with Gasteiger partial charge in [-0.1, -0.05) is 12.1 Å². The van der Waals surface area contributed by atoms with E-state index in [0.717, 1.165) is 13.0 Å². The summed E-state index contributed by atoms with van der Waals surface area (Å²) in [6, 6.07) is 6.71. The molecule has 0 saturated carbocycles. The van der Waals surface area contributed by atoms with E-state index < -0.39 is 10.0 Å². The van der Waals surface area contributed by atoms with Crippen LogP contribution in [0.4, 0.5) is 0 Å². The number of nitrogens with one attached hydrogen (secondary N) is 2. The number of benzene rings is 1. The van der Waals surface area contributed by atoms with Gasteiger partial charge in [0.15, 0.2) is 0 Å². The topological polar surface area (TPSA) is 82.0 Å². The molecule has 0 bridgehead atoms. The minimum atomic E-state index is -3.62. The fourth-order valence-corrected chi connectivity index (χ4v) is 3.55. The zero-order valence-corrected chi connectivity index (χ0v) is 10.9. The van der Waals surface area contributed by atoms with Crippen molar-refractivity contribution in [2.75, 3.05) is 13.1 Å². The Labute approximate surface area is 107 Å². The Kier molecular flexibility index (Phi) is 3.66. The zero-order valence-electron chi connectivity index (χ0n) is 10.1. The van der Waals surface area contributed by atoms with E-state index in [1.165, 1.54) is 6.07 Å². The van der Waals surface area contributed by atoms with E-state index in [9.17, 15) is 8.42 Å². The first-order chi connectivity index (χ1) is 8.54. The number of nitrogens with zero attached hydrogens (tertiary/aromatic N) is 1. The van der Waals surface area contributed by atoms with Gasteiger partial charge in [0, 0.05) is 12.6 Å². The van der Waals surface area contributed by atoms with Gasteiger partial charge in [-0.05, 0) is 31.5 Å². The van der Waals surface area contributed by atoms with E-state index in [1.807, 2.05) is 6.07 Å². The van der Waals surface area contributed by atoms with Crippen molar-refractivity contribution in [2.24, 2.45) is 0 Å². The molecule has 0 spiro atoms. The summed E-state index contributed by atoms with van der Waals surface area (Å²) in [6.45, 7) is 3.17. The molecule has 0 aromatic heterocycles. The third kappa shape index (κ3) is 2.53. The summed E-state index contributed by atoms with van der Waals surface area (Å²) < 4.78 is 27.1. The van der Waals surface area contributed by atoms with Gasteiger partial charge in [-0.3, -0.25) is 0 Å². The Morgan fingerprint density at radius 2 is 2.28 bits per heavy atom. The van der Waals surface area contributed by atoms with Gasteiger partial charge in [-0.2, -0.15) is 5.26 Å². The van der Waals surface area contributed by atoms with Crippen molar-refractivity contribution in [3.05, 3.63) is 29.3 Å². The molecular weight excluding hydrogens is 250 g/mol. The van der Waals surface area contributed by atoms with Crippen LogP contribution in [0.5, 0.6) is 0 Å². The van der Waals surface area contributed by atoms with E-state index in [1.54, 1.807) is 19.1 Å². The summed E-state index contributed by atoms with van der Waals surface area (Å²) in [5.74, 6) is 0. The Hall–Kier alpha value is -1.42. The largest absolute Gasteiger partial charge is 0.315 e. The van der Waals surface area contributed by atoms with Gasteiger partial charge >= 0.3 is 0 Å². The molecule has 1 atom stereocenters. The lowest BCUT2D eigenvalue weighted by molar-refractivity contribution is 0.560. The lowest BCUT2D eigenvalue weighted by atomic mass is 10.1. The molecule has 1 aliphatic rings. The lowest BCUT2D eigenvalue weighted by Crippen LogP contribution is -2.36. The van der Waals surface area contributed by atoms with Crippen molar-refractivity contribution < 1.29 is 8.42 Å². The summed E-state index contributed by atoms with van der Waals surface area (Å²) in [6.07, 6.45) is 0.771. The van der Waals surface area contributed by atoms with Gasteiger partial charge in [-0.25, -0.2) is 13.1 Å². The quantitative estimate of drug-likeness (QED) is 0.834. The van der Waals surface area contributed by atoms with Crippen LogP contribution in [0.1, 0.15) is 17.5 Å². The standard InChI is InChI=1S/C12H15N3O2S/c1-9-3-2-4-12(11(9)7-13)18(16,17)15-10-5-6-14-8-10/h2-4,10,14-15H,5-6,8H2,1H3/t10-/m1/s1. The molecule has 0 aliphatic carbocycles. The third-order valence-electron chi connectivity index (χ3n) is 3.02. The van der Waals surface area contributed by atoms with Crippen LogP contribution in [0.2, 0.25) is 0 Å². The number of hydrogen-bond donors (Lipinski definition) is 2. The molecule has 6 heteroatoms. The Bertz CT molecular complexity index is 584. The van der Waals surface area contributed by atoms with E-state index in [2.05, 4.69) is 10.0 Å². The molecule has 18 heavy (non-hydrogen) atoms. The summed E-state index contributed by atoms with van der Waals surface area (Å²) in [4.78, 5) is 0.0666. The molecule has 1 fully saturated rings. The third-order valence-corrected chi connectivity index (χ3v) is 4.58. The molecule has 0 amide bonds. The van der Waals surface area contributed by atoms with Crippen LogP contribution in [0, 0.1) is 18.3 Å². The monoisotopic (exact) mass is 265 g/mol. The Morgan fingerprint density at radius 3 is 2.89 bits per heavy atom. The number of sulfonamides is 1. The molecule has 1 aromatic carbocycles. The molecule has 1 aliphatic heterocycles. The maximum atomic E-state index is 12.2. The molecule has 0 unspecified atom stereocenters. The average molecular weight is 265 g/mol. The van der Waals surface area contributed by atoms with Gasteiger partial charge < -0.3 is 5.32 Å². The van der Waals surface area contributed by atoms with Gasteiger partial charge in [0.2, 0.25) is 10.0 Å². The summed E-state index contributed by atoms with van der Waals surface area (Å²) >= 11 is 0. The minimum Gasteiger partial charge on any atom is -0.315 e. The van der Waals surface area contributed by atoms with Crippen molar-refractivity contribution in [3.8, 4) is 6.07 Å². The molecule has 0 radical (unpaired) electrons. The highest BCUT2D eigenvalue weighted by atomic mass is 32.2. The van der Waals surface area contributed by atoms with Crippen molar-refractivity contribution in [3.63, 3.8) is 0 Å². The van der Waals surface area contributed by atoms with Gasteiger partial charge in [0.1, 0.15) is 11.0 Å². The SMILES string of the molecule is Cc1cccc(S(=O)(=O)N[C@@H]2CCNC2)c1C#N. The Morgan fingerprint density at radius 1 is 1.50 bits per heavy atom. The first kappa shape index (κ1) is 13.0. The van der Waals surface area contributed by atoms with E-state index in [4.69, 9.17) is 5.26 Å². The normalized spacial score (nSPS) is 19.7. The van der Waals surface area contributed by atoms with E-state index in [-0.39, 0.29) is 16.5 Å². The summed E-state index contributed by atoms with van der Waals surface area (Å²) in [7, 11) is -3.62. The second kappa shape index (κ2) is 5.06. The molecule has 1 aromatic rings. The lowest BCUT2D eigenvalue weighted by Gasteiger charge is -2.13. The van der Waals surface area contributed by atoms with Crippen molar-refractivity contribution in [1.29, 1.82) is 5.26 Å². The maximum absolute atomic E-state index is 12.2. The molecule has 2 rings (SSSR count). The number of rotatable bonds is 3. The van der Waals surface area contributed by atoms with Crippen LogP contribution in [-0.2, 0) is 10.0 Å². The van der Waals surface area contributed by atoms with E-state index >= 15 is 0 Å². The van der Waals surface area contributed by atoms with Gasteiger partial charge in [0.05, 0.1) is 5.56 Å². The molecule has 2 N–H and O–H groups in total. The van der Waals surface area contributed by atoms with Crippen LogP contribution in [0.3, 0.4) is 0 Å². The highest BCUT2D eigenvalue weighted by Gasteiger charge is 2.25. The number of nitriles is 1. The fraction of sp³-hybridized carbons (Fsp3) is 0.417. The molecule has 5 nitrogen and oxygen atoms in total. The average Bonchev–Trinajstić information content (AvgIpc) is 2.80. The smallest absolute Gasteiger partial charge is 0.242 e. The summed E-state index contributed by atoms with van der Waals surface area (Å²) in [5.41, 5.74) is 0.890. The van der Waals surface area contributed by atoms with Crippen molar-refractivity contribution >= 4 is 10.0 Å². The second-order valence-electron chi connectivity index (χ2n) is 4.37. The van der Waals surface area contributed by atoms with Crippen molar-refractivity contribution in [2.45, 2.75) is 24.3 Å². The fourth-order valence-electron chi connectivity index (χ4n) is 2.05.